The molecule has 0 fully saturated rings. The Morgan fingerprint density at radius 3 is 2.79 bits per heavy atom. The van der Waals surface area contributed by atoms with Crippen LogP contribution in [0, 0.1) is 5.82 Å². The summed E-state index contributed by atoms with van der Waals surface area (Å²) < 4.78 is 34.4. The molecule has 0 spiro atoms. The third-order valence-corrected chi connectivity index (χ3v) is 3.28. The van der Waals surface area contributed by atoms with Crippen molar-refractivity contribution in [3.05, 3.63) is 24.4 Å². The molecule has 0 aliphatic heterocycles. The van der Waals surface area contributed by atoms with Gasteiger partial charge in [-0.2, -0.15) is 10.1 Å². The van der Waals surface area contributed by atoms with Crippen molar-refractivity contribution in [2.24, 2.45) is 0 Å². The molecule has 0 saturated carbocycles. The van der Waals surface area contributed by atoms with E-state index in [1.165, 1.54) is 16.9 Å². The van der Waals surface area contributed by atoms with Crippen LogP contribution in [0.25, 0.3) is 16.8 Å². The van der Waals surface area contributed by atoms with Crippen LogP contribution in [-0.2, 0) is 0 Å². The highest BCUT2D eigenvalue weighted by Crippen LogP contribution is 2.36. The van der Waals surface area contributed by atoms with Gasteiger partial charge in [0, 0.05) is 11.8 Å². The molecule has 3 heterocycles. The lowest BCUT2D eigenvalue weighted by Gasteiger charge is -2.14. The third kappa shape index (κ3) is 3.01. The molecule has 3 rings (SSSR count). The summed E-state index contributed by atoms with van der Waals surface area (Å²) in [4.78, 5) is 4.32. The van der Waals surface area contributed by atoms with Gasteiger partial charge in [-0.15, -0.1) is 5.10 Å². The van der Waals surface area contributed by atoms with Gasteiger partial charge in [0.1, 0.15) is 6.67 Å². The van der Waals surface area contributed by atoms with E-state index in [9.17, 15) is 8.78 Å². The van der Waals surface area contributed by atoms with E-state index in [-0.39, 0.29) is 23.4 Å². The predicted molar refractivity (Wildman–Crippen MR) is 85.4 cm³/mol. The predicted octanol–water partition coefficient (Wildman–Crippen LogP) is 2.82. The van der Waals surface area contributed by atoms with Crippen molar-refractivity contribution in [1.29, 1.82) is 0 Å². The Labute approximate surface area is 137 Å². The standard InChI is InChI=1S/C15H18F2N6O/c1-8(2)24-13-12(10-5-18-19-6-10)11(17)7-23-14(13)21-15(22-23)20-9(3)4-16/h5-9H,4H2,1-3H3,(H,18,19)(H,20,22)/t9-/m0/s1. The molecule has 0 saturated heterocycles. The quantitative estimate of drug-likeness (QED) is 0.723. The minimum Gasteiger partial charge on any atom is -0.486 e. The summed E-state index contributed by atoms with van der Waals surface area (Å²) in [5.41, 5.74) is 1.14. The van der Waals surface area contributed by atoms with E-state index in [1.807, 2.05) is 13.8 Å². The van der Waals surface area contributed by atoms with Crippen LogP contribution in [0.1, 0.15) is 20.8 Å². The Morgan fingerprint density at radius 1 is 1.38 bits per heavy atom. The molecule has 0 aliphatic rings. The molecule has 9 heteroatoms. The van der Waals surface area contributed by atoms with Crippen molar-refractivity contribution < 1.29 is 13.5 Å². The first-order chi connectivity index (χ1) is 11.5. The number of hydrogen-bond acceptors (Lipinski definition) is 5. The second kappa shape index (κ2) is 6.42. The largest absolute Gasteiger partial charge is 0.486 e. The van der Waals surface area contributed by atoms with Crippen molar-refractivity contribution in [3.8, 4) is 16.9 Å². The fourth-order valence-corrected chi connectivity index (χ4v) is 2.28. The van der Waals surface area contributed by atoms with Gasteiger partial charge in [-0.1, -0.05) is 0 Å². The van der Waals surface area contributed by atoms with Gasteiger partial charge < -0.3 is 10.1 Å². The second-order valence-corrected chi connectivity index (χ2v) is 5.74. The number of pyridine rings is 1. The number of rotatable bonds is 6. The fourth-order valence-electron chi connectivity index (χ4n) is 2.28. The Bertz CT molecular complexity index is 830. The van der Waals surface area contributed by atoms with E-state index in [2.05, 4.69) is 25.6 Å². The highest BCUT2D eigenvalue weighted by molar-refractivity contribution is 5.78. The summed E-state index contributed by atoms with van der Waals surface area (Å²) in [6.45, 7) is 4.76. The number of anilines is 1. The molecule has 0 radical (unpaired) electrons. The van der Waals surface area contributed by atoms with Crippen molar-refractivity contribution in [2.75, 3.05) is 12.0 Å². The van der Waals surface area contributed by atoms with E-state index in [0.29, 0.717) is 11.2 Å². The Hall–Kier alpha value is -2.71. The van der Waals surface area contributed by atoms with Gasteiger partial charge in [0.2, 0.25) is 11.6 Å². The number of aromatic amines is 1. The van der Waals surface area contributed by atoms with Crippen LogP contribution in [-0.4, -0.2) is 43.6 Å². The highest BCUT2D eigenvalue weighted by atomic mass is 19.1. The number of alkyl halides is 1. The number of halogens is 2. The third-order valence-electron chi connectivity index (χ3n) is 3.28. The summed E-state index contributed by atoms with van der Waals surface area (Å²) in [6.07, 6.45) is 4.09. The Morgan fingerprint density at radius 2 is 2.17 bits per heavy atom. The number of fused-ring (bicyclic) bond motifs is 1. The molecule has 0 aromatic carbocycles. The van der Waals surface area contributed by atoms with Gasteiger partial charge in [0.15, 0.2) is 11.6 Å². The minimum atomic E-state index is -0.570. The van der Waals surface area contributed by atoms with E-state index in [0.717, 1.165) is 0 Å². The van der Waals surface area contributed by atoms with E-state index >= 15 is 0 Å². The SMILES string of the molecule is CC(C)Oc1c(-c2cn[nH]c2)c(F)cn2nc(N[C@@H](C)CF)nc12. The molecular formula is C15H18F2N6O. The number of H-pyrrole nitrogens is 1. The van der Waals surface area contributed by atoms with E-state index in [1.54, 1.807) is 13.1 Å². The monoisotopic (exact) mass is 336 g/mol. The number of aromatic nitrogens is 5. The average Bonchev–Trinajstić information content (AvgIpc) is 3.16. The van der Waals surface area contributed by atoms with E-state index in [4.69, 9.17) is 4.74 Å². The first kappa shape index (κ1) is 16.2. The first-order valence-electron chi connectivity index (χ1n) is 7.56. The van der Waals surface area contributed by atoms with Crippen LogP contribution in [0.4, 0.5) is 14.7 Å². The van der Waals surface area contributed by atoms with Crippen LogP contribution in [0.5, 0.6) is 5.75 Å². The summed E-state index contributed by atoms with van der Waals surface area (Å²) in [5, 5.41) is 13.5. The number of nitrogens with one attached hydrogen (secondary N) is 2. The van der Waals surface area contributed by atoms with Crippen LogP contribution in [0.2, 0.25) is 0 Å². The smallest absolute Gasteiger partial charge is 0.243 e. The molecule has 128 valence electrons. The summed E-state index contributed by atoms with van der Waals surface area (Å²) in [5.74, 6) is -0.0492. The normalized spacial score (nSPS) is 12.8. The molecule has 0 amide bonds. The van der Waals surface area contributed by atoms with Crippen molar-refractivity contribution in [3.63, 3.8) is 0 Å². The molecule has 0 aliphatic carbocycles. The average molecular weight is 336 g/mol. The van der Waals surface area contributed by atoms with Crippen molar-refractivity contribution in [2.45, 2.75) is 32.9 Å². The lowest BCUT2D eigenvalue weighted by molar-refractivity contribution is 0.244. The first-order valence-corrected chi connectivity index (χ1v) is 7.56. The maximum atomic E-state index is 14.6. The van der Waals surface area contributed by atoms with Crippen molar-refractivity contribution >= 4 is 11.6 Å². The second-order valence-electron chi connectivity index (χ2n) is 5.74. The van der Waals surface area contributed by atoms with Crippen LogP contribution >= 0.6 is 0 Å². The lowest BCUT2D eigenvalue weighted by Crippen LogP contribution is -2.17. The van der Waals surface area contributed by atoms with Crippen molar-refractivity contribution in [1.82, 2.24) is 24.8 Å². The molecule has 0 unspecified atom stereocenters. The van der Waals surface area contributed by atoms with Crippen LogP contribution in [0.15, 0.2) is 18.6 Å². The molecule has 0 bridgehead atoms. The van der Waals surface area contributed by atoms with Gasteiger partial charge >= 0.3 is 0 Å². The Kier molecular flexibility index (Phi) is 4.32. The van der Waals surface area contributed by atoms with Gasteiger partial charge in [-0.3, -0.25) is 5.10 Å². The minimum absolute atomic E-state index is 0.195. The van der Waals surface area contributed by atoms with E-state index < -0.39 is 18.5 Å². The summed E-state index contributed by atoms with van der Waals surface area (Å²) >= 11 is 0. The van der Waals surface area contributed by atoms with Crippen LogP contribution in [0.3, 0.4) is 0 Å². The van der Waals surface area contributed by atoms with Crippen LogP contribution < -0.4 is 10.1 Å². The molecule has 1 atom stereocenters. The highest BCUT2D eigenvalue weighted by Gasteiger charge is 2.22. The molecule has 7 nitrogen and oxygen atoms in total. The topological polar surface area (TPSA) is 80.1 Å². The van der Waals surface area contributed by atoms with Gasteiger partial charge in [0.05, 0.1) is 30.1 Å². The number of hydrogen-bond donors (Lipinski definition) is 2. The molecule has 2 N–H and O–H groups in total. The zero-order valence-electron chi connectivity index (χ0n) is 13.5. The van der Waals surface area contributed by atoms with Gasteiger partial charge in [0.25, 0.3) is 0 Å². The summed E-state index contributed by atoms with van der Waals surface area (Å²) in [7, 11) is 0. The molecular weight excluding hydrogens is 318 g/mol. The number of ether oxygens (including phenoxy) is 1. The fraction of sp³-hybridized carbons (Fsp3) is 0.400. The zero-order chi connectivity index (χ0) is 17.3. The summed E-state index contributed by atoms with van der Waals surface area (Å²) in [6, 6.07) is -0.449. The maximum absolute atomic E-state index is 14.6. The number of nitrogens with zero attached hydrogens (tertiary/aromatic N) is 4. The molecule has 24 heavy (non-hydrogen) atoms. The molecule has 3 aromatic rings. The lowest BCUT2D eigenvalue weighted by atomic mass is 10.1. The molecule has 3 aromatic heterocycles. The van der Waals surface area contributed by atoms with Gasteiger partial charge in [-0.25, -0.2) is 13.3 Å². The Balaban J connectivity index is 2.18. The zero-order valence-corrected chi connectivity index (χ0v) is 13.5. The van der Waals surface area contributed by atoms with Gasteiger partial charge in [-0.05, 0) is 20.8 Å². The maximum Gasteiger partial charge on any atom is 0.243 e.